The Bertz CT molecular complexity index is 5370. The lowest BCUT2D eigenvalue weighted by atomic mass is 9.70. The van der Waals surface area contributed by atoms with Crippen molar-refractivity contribution in [3.8, 4) is 70.8 Å². The molecule has 0 aliphatic heterocycles. The molecule has 1 spiro atoms. The molecule has 0 amide bonds. The van der Waals surface area contributed by atoms with E-state index in [2.05, 4.69) is 97.1 Å². The van der Waals surface area contributed by atoms with Crippen LogP contribution in [-0.2, 0) is 5.41 Å². The second kappa shape index (κ2) is 31.0. The van der Waals surface area contributed by atoms with E-state index in [-0.39, 0.29) is 0 Å². The first-order chi connectivity index (χ1) is 56.2. The first-order valence-electron chi connectivity index (χ1n) is 37.8. The summed E-state index contributed by atoms with van der Waals surface area (Å²) in [6, 6.07) is 91.2. The molecule has 12 aromatic rings. The van der Waals surface area contributed by atoms with E-state index in [9.17, 15) is 42.1 Å². The second-order valence-corrected chi connectivity index (χ2v) is 30.7. The predicted octanol–water partition coefficient (Wildman–Crippen LogP) is 19.4. The Balaban J connectivity index is 1.19. The molecule has 0 saturated carbocycles. The summed E-state index contributed by atoms with van der Waals surface area (Å²) in [4.78, 5) is 23.4. The largest absolute Gasteiger partial charge is 0.378 e. The average Bonchev–Trinajstić information content (AvgIpc) is 1.50. The number of benzene rings is 12. The summed E-state index contributed by atoms with van der Waals surface area (Å²) >= 11 is 0. The van der Waals surface area contributed by atoms with E-state index in [0.717, 1.165) is 90.0 Å². The Labute approximate surface area is 684 Å². The highest BCUT2D eigenvalue weighted by Gasteiger charge is 2.53. The van der Waals surface area contributed by atoms with Crippen LogP contribution in [0.5, 0.6) is 0 Å². The Morgan fingerprint density at radius 2 is 0.299 bits per heavy atom. The third kappa shape index (κ3) is 13.4. The van der Waals surface area contributed by atoms with Crippen LogP contribution in [0.2, 0.25) is 0 Å². The van der Waals surface area contributed by atoms with E-state index in [4.69, 9.17) is 0 Å². The number of anilines is 20. The normalized spacial score (nSPS) is 11.4. The maximum Gasteiger partial charge on any atom is 0.101 e. The van der Waals surface area contributed by atoms with Gasteiger partial charge in [-0.15, -0.1) is 0 Å². The number of nitriles is 8. The van der Waals surface area contributed by atoms with Crippen LogP contribution in [0.3, 0.4) is 0 Å². The van der Waals surface area contributed by atoms with Gasteiger partial charge in [-0.05, 0) is 239 Å². The Morgan fingerprint density at radius 3 is 0.419 bits per heavy atom. The lowest BCUT2D eigenvalue weighted by Crippen LogP contribution is -2.27. The van der Waals surface area contributed by atoms with Gasteiger partial charge in [0.05, 0.1) is 95.4 Å². The van der Waals surface area contributed by atoms with Crippen molar-refractivity contribution < 1.29 is 0 Å². The van der Waals surface area contributed by atoms with Gasteiger partial charge >= 0.3 is 0 Å². The summed E-state index contributed by atoms with van der Waals surface area (Å²) in [5.41, 5.74) is 19.9. The molecular formula is C97H84N20. The van der Waals surface area contributed by atoms with Gasteiger partial charge in [-0.25, -0.2) is 0 Å². The van der Waals surface area contributed by atoms with Crippen molar-refractivity contribution in [2.75, 3.05) is 172 Å². The Morgan fingerprint density at radius 1 is 0.171 bits per heavy atom. The standard InChI is InChI=1S/C97H84N20/c1-106(2)69-21-33-89(61(41-69)53-98)114(90-34-22-70(107(3)4)42-62(90)54-99)77-17-29-81-82-30-18-78(115(91-35-23-71(108(5)6)43-63(91)55-100)92-36-24-72(109(7)8)44-64(92)56-101)50-86(82)97(85(81)49-77)87-51-79(116(93-37-25-73(110(9)10)45-65(93)57-102)94-38-26-74(111(11)12)46-66(94)58-103)19-31-83(87)84-32-20-80(52-88(84)97)117(95-39-27-75(112(13)14)47-67(95)59-104)96-40-28-76(113(15)16)48-68(96)60-105/h17-52H,1-16H3. The van der Waals surface area contributed by atoms with Crippen LogP contribution in [0.4, 0.5) is 114 Å². The summed E-state index contributed by atoms with van der Waals surface area (Å²) in [5.74, 6) is 0. The molecule has 0 fully saturated rings. The van der Waals surface area contributed by atoms with Gasteiger partial charge in [0.2, 0.25) is 0 Å². The minimum Gasteiger partial charge on any atom is -0.378 e. The van der Waals surface area contributed by atoms with Crippen LogP contribution in [0.25, 0.3) is 22.3 Å². The molecule has 14 rings (SSSR count). The van der Waals surface area contributed by atoms with Gasteiger partial charge in [0.25, 0.3) is 0 Å². The molecule has 572 valence electrons. The van der Waals surface area contributed by atoms with Crippen molar-refractivity contribution in [3.63, 3.8) is 0 Å². The smallest absolute Gasteiger partial charge is 0.101 e. The van der Waals surface area contributed by atoms with Crippen LogP contribution >= 0.6 is 0 Å². The van der Waals surface area contributed by atoms with E-state index in [1.807, 2.05) is 341 Å². The Hall–Kier alpha value is -15.8. The first kappa shape index (κ1) is 77.9. The maximum atomic E-state index is 11.5. The van der Waals surface area contributed by atoms with Crippen molar-refractivity contribution in [3.05, 3.63) is 285 Å². The number of nitrogens with zero attached hydrogens (tertiary/aromatic N) is 20. The molecule has 0 N–H and O–H groups in total. The predicted molar refractivity (Wildman–Crippen MR) is 474 cm³/mol. The summed E-state index contributed by atoms with van der Waals surface area (Å²) in [6.45, 7) is 0. The molecule has 2 aliphatic rings. The molecule has 0 bridgehead atoms. The van der Waals surface area contributed by atoms with Crippen LogP contribution in [0, 0.1) is 90.6 Å². The fourth-order valence-corrected chi connectivity index (χ4v) is 16.1. The minimum absolute atomic E-state index is 0.332. The van der Waals surface area contributed by atoms with Gasteiger partial charge in [0.1, 0.15) is 48.6 Å². The summed E-state index contributed by atoms with van der Waals surface area (Å²) < 4.78 is 0. The van der Waals surface area contributed by atoms with E-state index >= 15 is 0 Å². The van der Waals surface area contributed by atoms with Gasteiger partial charge in [-0.2, -0.15) is 42.1 Å². The lowest BCUT2D eigenvalue weighted by Gasteiger charge is -2.35. The molecule has 20 heteroatoms. The van der Waals surface area contributed by atoms with Crippen molar-refractivity contribution in [1.29, 1.82) is 42.1 Å². The van der Waals surface area contributed by atoms with Crippen molar-refractivity contribution in [2.24, 2.45) is 0 Å². The molecule has 0 aromatic heterocycles. The van der Waals surface area contributed by atoms with Crippen LogP contribution in [0.1, 0.15) is 66.8 Å². The van der Waals surface area contributed by atoms with Gasteiger partial charge in [0.15, 0.2) is 0 Å². The highest BCUT2D eigenvalue weighted by Crippen LogP contribution is 2.66. The highest BCUT2D eigenvalue weighted by molar-refractivity contribution is 6.02. The van der Waals surface area contributed by atoms with Gasteiger partial charge < -0.3 is 58.8 Å². The molecule has 0 atom stereocenters. The van der Waals surface area contributed by atoms with Gasteiger partial charge in [-0.1, -0.05) is 24.3 Å². The average molecular weight is 1530 g/mol. The third-order valence-electron chi connectivity index (χ3n) is 22.1. The van der Waals surface area contributed by atoms with E-state index < -0.39 is 5.41 Å². The summed E-state index contributed by atoms with van der Waals surface area (Å²) in [7, 11) is 30.7. The van der Waals surface area contributed by atoms with Crippen molar-refractivity contribution in [1.82, 2.24) is 0 Å². The molecule has 0 radical (unpaired) electrons. The minimum atomic E-state index is -1.51. The molecule has 0 saturated heterocycles. The zero-order chi connectivity index (χ0) is 83.3. The quantitative estimate of drug-likeness (QED) is 0.0690. The monoisotopic (exact) mass is 1530 g/mol. The fourth-order valence-electron chi connectivity index (χ4n) is 16.1. The number of rotatable bonds is 20. The number of hydrogen-bond donors (Lipinski definition) is 0. The molecule has 2 aliphatic carbocycles. The summed E-state index contributed by atoms with van der Waals surface area (Å²) in [6.07, 6.45) is 0. The van der Waals surface area contributed by atoms with Crippen molar-refractivity contribution in [2.45, 2.75) is 5.41 Å². The zero-order valence-corrected chi connectivity index (χ0v) is 68.2. The fraction of sp³-hybridized carbons (Fsp3) is 0.175. The second-order valence-electron chi connectivity index (χ2n) is 30.7. The van der Waals surface area contributed by atoms with Crippen LogP contribution in [0.15, 0.2) is 218 Å². The molecule has 20 nitrogen and oxygen atoms in total. The van der Waals surface area contributed by atoms with Gasteiger partial charge in [-0.3, -0.25) is 0 Å². The molecule has 12 aromatic carbocycles. The highest BCUT2D eigenvalue weighted by atomic mass is 15.2. The summed E-state index contributed by atoms with van der Waals surface area (Å²) in [5, 5.41) is 92.0. The molecule has 0 unspecified atom stereocenters. The first-order valence-corrected chi connectivity index (χ1v) is 37.8. The molecule has 0 heterocycles. The van der Waals surface area contributed by atoms with E-state index in [0.29, 0.717) is 113 Å². The number of hydrogen-bond acceptors (Lipinski definition) is 20. The zero-order valence-electron chi connectivity index (χ0n) is 68.2. The lowest BCUT2D eigenvalue weighted by molar-refractivity contribution is 0.793. The SMILES string of the molecule is CN(C)c1ccc(N(c2ccc3c(c2)C2(c4cc(N(c5ccc(N(C)C)cc5C#N)c5ccc(N(C)C)cc5C#N)ccc4-3)c3cc(N(c4ccc(N(C)C)cc4C#N)c4ccc(N(C)C)cc4C#N)ccc3-c3ccc(N(c4ccc(N(C)C)cc4C#N)c4ccc(N(C)C)cc4C#N)cc32)c2ccc(N(C)C)cc2C#N)c(C#N)c1. The van der Waals surface area contributed by atoms with E-state index in [1.54, 1.807) is 0 Å². The van der Waals surface area contributed by atoms with Crippen LogP contribution in [-0.4, -0.2) is 113 Å². The van der Waals surface area contributed by atoms with Gasteiger partial charge in [0, 0.05) is 181 Å². The number of fused-ring (bicyclic) bond motifs is 10. The third-order valence-corrected chi connectivity index (χ3v) is 22.1. The van der Waals surface area contributed by atoms with E-state index in [1.165, 1.54) is 0 Å². The Kier molecular flexibility index (Phi) is 20.7. The molecule has 117 heavy (non-hydrogen) atoms. The van der Waals surface area contributed by atoms with Crippen LogP contribution < -0.4 is 58.8 Å². The maximum absolute atomic E-state index is 11.5. The topological polar surface area (TPSA) is 229 Å². The van der Waals surface area contributed by atoms with Crippen molar-refractivity contribution >= 4 is 114 Å². The molecular weight excluding hydrogens is 1450 g/mol.